The Morgan fingerprint density at radius 1 is 0.250 bits per heavy atom. The van der Waals surface area contributed by atoms with Crippen LogP contribution < -0.4 is 0 Å². The fourth-order valence-electron chi connectivity index (χ4n) is 12.4. The molecule has 5 atom stereocenters. The maximum Gasteiger partial charge on any atom is 0.472 e. The summed E-state index contributed by atoms with van der Waals surface area (Å²) in [6, 6.07) is 0. The lowest BCUT2D eigenvalue weighted by Crippen LogP contribution is -2.30. The standard InChI is InChI=1S/C81H158O17P2/c1-71(2)57-49-41-33-26-20-16-13-11-9-10-12-14-18-22-29-37-45-53-61-78(83)91-67-76(97-81(86)64-56-48-39-31-25-24-28-35-43-51-59-73(5)6)69-95-99(87,88)93-65-75(82)66-94-100(89,90)96-70-77(68-92-79(84)62-54-46-40-32-36-44-52-60-74(7)8)98-80(85)63-55-47-38-30-23-19-15-17-21-27-34-42-50-58-72(3)4/h71-77,82H,9-70H2,1-8H3,(H,87,88)(H,89,90)/t75?,76-,77-/m1/s1. The summed E-state index contributed by atoms with van der Waals surface area (Å²) >= 11 is 0. The zero-order chi connectivity index (χ0) is 73.8. The number of esters is 4. The lowest BCUT2D eigenvalue weighted by Gasteiger charge is -2.21. The van der Waals surface area contributed by atoms with E-state index < -0.39 is 97.5 Å². The lowest BCUT2D eigenvalue weighted by molar-refractivity contribution is -0.161. The molecule has 0 rings (SSSR count). The first-order valence-electron chi connectivity index (χ1n) is 41.7. The van der Waals surface area contributed by atoms with Gasteiger partial charge in [-0.1, -0.05) is 364 Å². The van der Waals surface area contributed by atoms with Crippen LogP contribution in [0.15, 0.2) is 0 Å². The van der Waals surface area contributed by atoms with Gasteiger partial charge >= 0.3 is 39.5 Å². The van der Waals surface area contributed by atoms with E-state index in [0.29, 0.717) is 31.6 Å². The van der Waals surface area contributed by atoms with Crippen molar-refractivity contribution < 1.29 is 80.2 Å². The summed E-state index contributed by atoms with van der Waals surface area (Å²) in [7, 11) is -9.92. The summed E-state index contributed by atoms with van der Waals surface area (Å²) in [6.45, 7) is 14.2. The maximum atomic E-state index is 13.1. The van der Waals surface area contributed by atoms with Crippen LogP contribution in [0.4, 0.5) is 0 Å². The van der Waals surface area contributed by atoms with E-state index in [0.717, 1.165) is 114 Å². The highest BCUT2D eigenvalue weighted by Crippen LogP contribution is 2.45. The van der Waals surface area contributed by atoms with Crippen LogP contribution in [0.2, 0.25) is 0 Å². The minimum atomic E-state index is -4.96. The fraction of sp³-hybridized carbons (Fsp3) is 0.951. The van der Waals surface area contributed by atoms with Crippen molar-refractivity contribution in [1.82, 2.24) is 0 Å². The van der Waals surface area contributed by atoms with Crippen molar-refractivity contribution >= 4 is 39.5 Å². The molecular weight excluding hydrogens is 1310 g/mol. The van der Waals surface area contributed by atoms with Crippen molar-refractivity contribution in [2.24, 2.45) is 23.7 Å². The second-order valence-electron chi connectivity index (χ2n) is 31.1. The normalized spacial score (nSPS) is 14.0. The molecule has 0 spiro atoms. The van der Waals surface area contributed by atoms with Gasteiger partial charge in [-0.3, -0.25) is 37.3 Å². The SMILES string of the molecule is CC(C)CCCCCCCCCCCCCCCCCCCCC(=O)OC[C@H](COP(=O)(O)OCC(O)COP(=O)(O)OC[C@@H](COC(=O)CCCCCCCCCC(C)C)OC(=O)CCCCCCCCCCCCCCCC(C)C)OC(=O)CCCCCCCCCCCCC(C)C. The molecule has 0 amide bonds. The highest BCUT2D eigenvalue weighted by atomic mass is 31.2. The predicted octanol–water partition coefficient (Wildman–Crippen LogP) is 24.0. The third kappa shape index (κ3) is 74.3. The Balaban J connectivity index is 5.19. The lowest BCUT2D eigenvalue weighted by atomic mass is 10.0. The summed E-state index contributed by atoms with van der Waals surface area (Å²) < 4.78 is 68.7. The van der Waals surface area contributed by atoms with E-state index in [1.807, 2.05) is 0 Å². The molecule has 3 unspecified atom stereocenters. The number of aliphatic hydroxyl groups is 1. The Hall–Kier alpha value is -1.94. The van der Waals surface area contributed by atoms with Gasteiger partial charge in [0, 0.05) is 25.7 Å². The van der Waals surface area contributed by atoms with Gasteiger partial charge in [0.1, 0.15) is 19.3 Å². The molecule has 0 aliphatic carbocycles. The van der Waals surface area contributed by atoms with E-state index >= 15 is 0 Å². The second kappa shape index (κ2) is 70.1. The van der Waals surface area contributed by atoms with Crippen molar-refractivity contribution in [3.05, 3.63) is 0 Å². The Labute approximate surface area is 613 Å². The van der Waals surface area contributed by atoms with E-state index in [1.54, 1.807) is 0 Å². The first-order chi connectivity index (χ1) is 48.1. The van der Waals surface area contributed by atoms with Gasteiger partial charge in [-0.2, -0.15) is 0 Å². The minimum Gasteiger partial charge on any atom is -0.462 e. The van der Waals surface area contributed by atoms with Crippen LogP contribution in [0.1, 0.15) is 415 Å². The summed E-state index contributed by atoms with van der Waals surface area (Å²) in [4.78, 5) is 73.0. The highest BCUT2D eigenvalue weighted by Gasteiger charge is 2.30. The molecule has 0 aliphatic heterocycles. The monoisotopic (exact) mass is 1470 g/mol. The fourth-order valence-corrected chi connectivity index (χ4v) is 14.0. The predicted molar refractivity (Wildman–Crippen MR) is 409 cm³/mol. The molecule has 0 aromatic rings. The zero-order valence-electron chi connectivity index (χ0n) is 65.8. The van der Waals surface area contributed by atoms with E-state index in [-0.39, 0.29) is 25.7 Å². The zero-order valence-corrected chi connectivity index (χ0v) is 67.6. The van der Waals surface area contributed by atoms with Crippen molar-refractivity contribution in [1.29, 1.82) is 0 Å². The number of phosphoric ester groups is 2. The molecule has 0 radical (unpaired) electrons. The first-order valence-corrected chi connectivity index (χ1v) is 44.7. The molecule has 0 aliphatic rings. The Bertz CT molecular complexity index is 1950. The molecule has 0 bridgehead atoms. The first kappa shape index (κ1) is 98.1. The van der Waals surface area contributed by atoms with Crippen molar-refractivity contribution in [3.8, 4) is 0 Å². The van der Waals surface area contributed by atoms with Crippen LogP contribution in [0.25, 0.3) is 0 Å². The molecule has 0 saturated heterocycles. The van der Waals surface area contributed by atoms with E-state index in [4.69, 9.17) is 37.0 Å². The van der Waals surface area contributed by atoms with E-state index in [1.165, 1.54) is 212 Å². The largest absolute Gasteiger partial charge is 0.472 e. The Morgan fingerprint density at radius 3 is 0.620 bits per heavy atom. The third-order valence-electron chi connectivity index (χ3n) is 18.8. The number of ether oxygens (including phenoxy) is 4. The van der Waals surface area contributed by atoms with Gasteiger partial charge in [0.15, 0.2) is 12.2 Å². The molecular formula is C81H158O17P2. The quantitative estimate of drug-likeness (QED) is 0.0222. The molecule has 0 fully saturated rings. The van der Waals surface area contributed by atoms with Gasteiger partial charge in [0.25, 0.3) is 0 Å². The van der Waals surface area contributed by atoms with Crippen LogP contribution in [-0.2, 0) is 65.4 Å². The molecule has 100 heavy (non-hydrogen) atoms. The number of rotatable bonds is 78. The smallest absolute Gasteiger partial charge is 0.462 e. The van der Waals surface area contributed by atoms with Crippen LogP contribution in [-0.4, -0.2) is 96.7 Å². The number of carbonyl (C=O) groups excluding carboxylic acids is 4. The van der Waals surface area contributed by atoms with Gasteiger partial charge in [-0.05, 0) is 49.4 Å². The van der Waals surface area contributed by atoms with Crippen LogP contribution in [0, 0.1) is 23.7 Å². The second-order valence-corrected chi connectivity index (χ2v) is 34.0. The molecule has 19 heteroatoms. The Morgan fingerprint density at radius 2 is 0.420 bits per heavy atom. The van der Waals surface area contributed by atoms with Crippen molar-refractivity contribution in [2.45, 2.75) is 433 Å². The number of hydrogen-bond donors (Lipinski definition) is 3. The van der Waals surface area contributed by atoms with Crippen molar-refractivity contribution in [3.63, 3.8) is 0 Å². The highest BCUT2D eigenvalue weighted by molar-refractivity contribution is 7.47. The summed E-state index contributed by atoms with van der Waals surface area (Å²) in [5.41, 5.74) is 0. The number of unbranched alkanes of at least 4 members (excludes halogenated alkanes) is 44. The molecule has 17 nitrogen and oxygen atoms in total. The number of aliphatic hydroxyl groups excluding tert-OH is 1. The minimum absolute atomic E-state index is 0.106. The summed E-state index contributed by atoms with van der Waals surface area (Å²) in [5, 5.41) is 10.6. The summed E-state index contributed by atoms with van der Waals surface area (Å²) in [5.74, 6) is 0.951. The van der Waals surface area contributed by atoms with Gasteiger partial charge in [-0.25, -0.2) is 9.13 Å². The van der Waals surface area contributed by atoms with Gasteiger partial charge < -0.3 is 33.8 Å². The van der Waals surface area contributed by atoms with E-state index in [2.05, 4.69) is 55.4 Å². The number of phosphoric acid groups is 2. The van der Waals surface area contributed by atoms with Crippen LogP contribution in [0.3, 0.4) is 0 Å². The van der Waals surface area contributed by atoms with Gasteiger partial charge in [0.05, 0.1) is 26.4 Å². The van der Waals surface area contributed by atoms with Crippen molar-refractivity contribution in [2.75, 3.05) is 39.6 Å². The topological polar surface area (TPSA) is 237 Å². The molecule has 3 N–H and O–H groups in total. The third-order valence-corrected chi connectivity index (χ3v) is 20.7. The number of carbonyl (C=O) groups is 4. The average Bonchev–Trinajstić information content (AvgIpc) is 0.999. The van der Waals surface area contributed by atoms with Crippen LogP contribution in [0.5, 0.6) is 0 Å². The average molecular weight is 1470 g/mol. The number of hydrogen-bond acceptors (Lipinski definition) is 15. The van der Waals surface area contributed by atoms with Crippen LogP contribution >= 0.6 is 15.6 Å². The van der Waals surface area contributed by atoms with Gasteiger partial charge in [-0.15, -0.1) is 0 Å². The molecule has 0 aromatic carbocycles. The van der Waals surface area contributed by atoms with Gasteiger partial charge in [0.2, 0.25) is 0 Å². The van der Waals surface area contributed by atoms with E-state index in [9.17, 15) is 43.2 Å². The molecule has 0 aromatic heterocycles. The Kier molecular flexibility index (Phi) is 68.7. The maximum absolute atomic E-state index is 13.1. The molecule has 0 heterocycles. The molecule has 0 saturated carbocycles. The summed E-state index contributed by atoms with van der Waals surface area (Å²) in [6.07, 6.45) is 57.1. The molecule has 594 valence electrons.